The number of esters is 1. The largest absolute Gasteiger partial charge is 0.492 e. The molecule has 0 aliphatic heterocycles. The average molecular weight is 360 g/mol. The Labute approximate surface area is 150 Å². The number of carbonyl (C=O) groups is 1. The zero-order valence-corrected chi connectivity index (χ0v) is 14.8. The van der Waals surface area contributed by atoms with Gasteiger partial charge in [-0.2, -0.15) is 0 Å². The number of aromatic nitrogens is 3. The predicted molar refractivity (Wildman–Crippen MR) is 95.4 cm³/mol. The Morgan fingerprint density at radius 2 is 2.08 bits per heavy atom. The zero-order chi connectivity index (χ0) is 17.8. The van der Waals surface area contributed by atoms with Crippen LogP contribution in [0.3, 0.4) is 0 Å². The predicted octanol–water partition coefficient (Wildman–Crippen LogP) is 3.19. The van der Waals surface area contributed by atoms with Crippen molar-refractivity contribution < 1.29 is 14.3 Å². The van der Waals surface area contributed by atoms with Crippen LogP contribution in [0.2, 0.25) is 0 Å². The van der Waals surface area contributed by atoms with Crippen LogP contribution in [0.15, 0.2) is 36.4 Å². The summed E-state index contributed by atoms with van der Waals surface area (Å²) in [6.07, 6.45) is 0. The third-order valence-corrected chi connectivity index (χ3v) is 3.92. The molecule has 0 amide bonds. The number of aryl methyl sites for hydroxylation is 1. The monoisotopic (exact) mass is 359 g/mol. The summed E-state index contributed by atoms with van der Waals surface area (Å²) in [5.74, 6) is 1.55. The van der Waals surface area contributed by atoms with E-state index in [1.165, 1.54) is 7.11 Å². The molecule has 0 spiro atoms. The van der Waals surface area contributed by atoms with Gasteiger partial charge in [-0.25, -0.2) is 14.8 Å². The fourth-order valence-electron chi connectivity index (χ4n) is 2.60. The zero-order valence-electron chi connectivity index (χ0n) is 14.0. The molecule has 0 aliphatic rings. The van der Waals surface area contributed by atoms with Crippen LogP contribution >= 0.6 is 11.6 Å². The first-order valence-corrected chi connectivity index (χ1v) is 8.35. The number of carbonyl (C=O) groups excluding carboxylic acids is 1. The standard InChI is InChI=1S/C18H18ClN3O3/c1-12-20-15-6-7-16(18(23)24-2)21-17(15)22(12)11-13-4-3-5-14(10-13)25-9-8-19/h3-7,10H,8-9,11H2,1-2H3. The highest BCUT2D eigenvalue weighted by molar-refractivity contribution is 6.18. The maximum absolute atomic E-state index is 11.7. The quantitative estimate of drug-likeness (QED) is 0.499. The van der Waals surface area contributed by atoms with Gasteiger partial charge in [0.1, 0.15) is 23.7 Å². The van der Waals surface area contributed by atoms with Gasteiger partial charge in [0.25, 0.3) is 0 Å². The van der Waals surface area contributed by atoms with Crippen LogP contribution < -0.4 is 4.74 Å². The van der Waals surface area contributed by atoms with E-state index in [-0.39, 0.29) is 5.69 Å². The minimum absolute atomic E-state index is 0.260. The number of hydrogen-bond donors (Lipinski definition) is 0. The molecule has 6 nitrogen and oxygen atoms in total. The second-order valence-corrected chi connectivity index (χ2v) is 5.84. The van der Waals surface area contributed by atoms with E-state index >= 15 is 0 Å². The topological polar surface area (TPSA) is 66.2 Å². The van der Waals surface area contributed by atoms with Crippen LogP contribution in [0.1, 0.15) is 21.9 Å². The minimum atomic E-state index is -0.469. The lowest BCUT2D eigenvalue weighted by Gasteiger charge is -2.09. The van der Waals surface area contributed by atoms with Crippen LogP contribution in [-0.4, -0.2) is 40.1 Å². The van der Waals surface area contributed by atoms with Gasteiger partial charge in [0, 0.05) is 0 Å². The van der Waals surface area contributed by atoms with Crippen molar-refractivity contribution in [2.24, 2.45) is 0 Å². The molecule has 1 aromatic carbocycles. The Morgan fingerprint density at radius 3 is 2.84 bits per heavy atom. The van der Waals surface area contributed by atoms with Gasteiger partial charge >= 0.3 is 5.97 Å². The van der Waals surface area contributed by atoms with Crippen molar-refractivity contribution in [2.45, 2.75) is 13.5 Å². The molecule has 0 saturated heterocycles. The molecule has 3 aromatic rings. The van der Waals surface area contributed by atoms with E-state index in [0.29, 0.717) is 24.7 Å². The van der Waals surface area contributed by atoms with Crippen LogP contribution in [0.5, 0.6) is 5.75 Å². The highest BCUT2D eigenvalue weighted by atomic mass is 35.5. The molecule has 25 heavy (non-hydrogen) atoms. The van der Waals surface area contributed by atoms with Crippen molar-refractivity contribution in [1.29, 1.82) is 0 Å². The third kappa shape index (κ3) is 3.74. The summed E-state index contributed by atoms with van der Waals surface area (Å²) in [7, 11) is 1.34. The first kappa shape index (κ1) is 17.2. The summed E-state index contributed by atoms with van der Waals surface area (Å²) in [4.78, 5) is 20.7. The first-order chi connectivity index (χ1) is 12.1. The van der Waals surface area contributed by atoms with Gasteiger partial charge in [-0.05, 0) is 36.8 Å². The fraction of sp³-hybridized carbons (Fsp3) is 0.278. The lowest BCUT2D eigenvalue weighted by Crippen LogP contribution is -2.07. The number of fused-ring (bicyclic) bond motifs is 1. The van der Waals surface area contributed by atoms with Crippen molar-refractivity contribution in [3.63, 3.8) is 0 Å². The summed E-state index contributed by atoms with van der Waals surface area (Å²) in [5, 5.41) is 0. The Hall–Kier alpha value is -2.60. The van der Waals surface area contributed by atoms with Gasteiger partial charge in [-0.15, -0.1) is 11.6 Å². The molecule has 0 aliphatic carbocycles. The lowest BCUT2D eigenvalue weighted by atomic mass is 10.2. The molecule has 2 heterocycles. The minimum Gasteiger partial charge on any atom is -0.492 e. The van der Waals surface area contributed by atoms with Gasteiger partial charge in [-0.3, -0.25) is 0 Å². The number of methoxy groups -OCH3 is 1. The fourth-order valence-corrected chi connectivity index (χ4v) is 2.67. The number of halogens is 1. The van der Waals surface area contributed by atoms with E-state index in [0.717, 1.165) is 22.7 Å². The lowest BCUT2D eigenvalue weighted by molar-refractivity contribution is 0.0594. The number of benzene rings is 1. The Kier molecular flexibility index (Phi) is 5.19. The first-order valence-electron chi connectivity index (χ1n) is 7.82. The van der Waals surface area contributed by atoms with Gasteiger partial charge < -0.3 is 14.0 Å². The molecular weight excluding hydrogens is 342 g/mol. The molecule has 0 bridgehead atoms. The highest BCUT2D eigenvalue weighted by Gasteiger charge is 2.14. The molecule has 0 N–H and O–H groups in total. The maximum Gasteiger partial charge on any atom is 0.356 e. The third-order valence-electron chi connectivity index (χ3n) is 3.76. The highest BCUT2D eigenvalue weighted by Crippen LogP contribution is 2.19. The smallest absolute Gasteiger partial charge is 0.356 e. The molecule has 0 saturated carbocycles. The van der Waals surface area contributed by atoms with E-state index < -0.39 is 5.97 Å². The van der Waals surface area contributed by atoms with Crippen molar-refractivity contribution in [1.82, 2.24) is 14.5 Å². The Balaban J connectivity index is 1.95. The number of alkyl halides is 1. The van der Waals surface area contributed by atoms with Crippen LogP contribution in [-0.2, 0) is 11.3 Å². The number of nitrogens with zero attached hydrogens (tertiary/aromatic N) is 3. The summed E-state index contributed by atoms with van der Waals surface area (Å²) < 4.78 is 12.3. The van der Waals surface area contributed by atoms with Crippen molar-refractivity contribution >= 4 is 28.7 Å². The summed E-state index contributed by atoms with van der Waals surface area (Å²) >= 11 is 5.66. The van der Waals surface area contributed by atoms with Crippen LogP contribution in [0.4, 0.5) is 0 Å². The van der Waals surface area contributed by atoms with Crippen LogP contribution in [0.25, 0.3) is 11.2 Å². The second kappa shape index (κ2) is 7.53. The maximum atomic E-state index is 11.7. The van der Waals surface area contributed by atoms with Gasteiger partial charge in [-0.1, -0.05) is 12.1 Å². The van der Waals surface area contributed by atoms with Crippen molar-refractivity contribution in [3.8, 4) is 5.75 Å². The molecule has 0 fully saturated rings. The van der Waals surface area contributed by atoms with E-state index in [9.17, 15) is 4.79 Å². The molecule has 130 valence electrons. The molecule has 2 aromatic heterocycles. The van der Waals surface area contributed by atoms with Gasteiger partial charge in [0.2, 0.25) is 0 Å². The average Bonchev–Trinajstić information content (AvgIpc) is 2.94. The van der Waals surface area contributed by atoms with E-state index in [1.807, 2.05) is 35.8 Å². The SMILES string of the molecule is COC(=O)c1ccc2nc(C)n(Cc3cccc(OCCCl)c3)c2n1. The normalized spacial score (nSPS) is 10.8. The number of imidazole rings is 1. The number of rotatable bonds is 6. The van der Waals surface area contributed by atoms with Gasteiger partial charge in [0.05, 0.1) is 19.5 Å². The number of ether oxygens (including phenoxy) is 2. The summed E-state index contributed by atoms with van der Waals surface area (Å²) in [5.41, 5.74) is 2.68. The van der Waals surface area contributed by atoms with E-state index in [1.54, 1.807) is 12.1 Å². The van der Waals surface area contributed by atoms with E-state index in [4.69, 9.17) is 21.1 Å². The summed E-state index contributed by atoms with van der Waals surface area (Å²) in [6.45, 7) is 2.94. The van der Waals surface area contributed by atoms with Crippen molar-refractivity contribution in [2.75, 3.05) is 19.6 Å². The summed E-state index contributed by atoms with van der Waals surface area (Å²) in [6, 6.07) is 11.2. The Morgan fingerprint density at radius 1 is 1.24 bits per heavy atom. The van der Waals surface area contributed by atoms with Crippen LogP contribution in [0, 0.1) is 6.92 Å². The molecule has 7 heteroatoms. The molecule has 0 atom stereocenters. The second-order valence-electron chi connectivity index (χ2n) is 5.46. The molecule has 0 radical (unpaired) electrons. The molecule has 0 unspecified atom stereocenters. The molecular formula is C18H18ClN3O3. The van der Waals surface area contributed by atoms with Crippen molar-refractivity contribution in [3.05, 3.63) is 53.5 Å². The number of hydrogen-bond acceptors (Lipinski definition) is 5. The van der Waals surface area contributed by atoms with Gasteiger partial charge in [0.15, 0.2) is 11.3 Å². The Bertz CT molecular complexity index is 908. The van der Waals surface area contributed by atoms with E-state index in [2.05, 4.69) is 9.97 Å². The molecule has 3 rings (SSSR count). The number of pyridine rings is 1.